The van der Waals surface area contributed by atoms with E-state index in [-0.39, 0.29) is 0 Å². The normalized spacial score (nSPS) is 12.1. The van der Waals surface area contributed by atoms with Crippen molar-refractivity contribution in [3.05, 3.63) is 17.5 Å². The predicted octanol–water partition coefficient (Wildman–Crippen LogP) is 2.78. The van der Waals surface area contributed by atoms with Gasteiger partial charge in [-0.25, -0.2) is 0 Å². The molecule has 5 heteroatoms. The highest BCUT2D eigenvalue weighted by Crippen LogP contribution is 2.31. The molecule has 0 saturated heterocycles. The third-order valence-electron chi connectivity index (χ3n) is 2.08. The Balaban J connectivity index is 2.95. The van der Waals surface area contributed by atoms with Crippen molar-refractivity contribution in [1.29, 1.82) is 0 Å². The Kier molecular flexibility index (Phi) is 3.18. The quantitative estimate of drug-likeness (QED) is 0.743. The third kappa shape index (κ3) is 2.27. The molecule has 2 nitrogen and oxygen atoms in total. The number of nitrogens with zero attached hydrogens (tertiary/aromatic N) is 2. The van der Waals surface area contributed by atoms with Crippen LogP contribution in [-0.2, 0) is 19.6 Å². The van der Waals surface area contributed by atoms with Crippen molar-refractivity contribution in [1.82, 2.24) is 9.78 Å². The summed E-state index contributed by atoms with van der Waals surface area (Å²) in [7, 11) is 1.32. The summed E-state index contributed by atoms with van der Waals surface area (Å²) in [5, 5.41) is 3.63. The third-order valence-corrected chi connectivity index (χ3v) is 2.08. The molecule has 0 spiro atoms. The standard InChI is InChI=1S/C9H13F3N2/c1-3-4-5-7-6-13-14(2)8(7)9(10,11)12/h6H,3-5H2,1-2H3. The van der Waals surface area contributed by atoms with E-state index >= 15 is 0 Å². The predicted molar refractivity (Wildman–Crippen MR) is 46.8 cm³/mol. The van der Waals surface area contributed by atoms with Gasteiger partial charge in [-0.2, -0.15) is 18.3 Å². The number of rotatable bonds is 3. The molecule has 0 saturated carbocycles. The largest absolute Gasteiger partial charge is 0.433 e. The van der Waals surface area contributed by atoms with Crippen LogP contribution in [0.25, 0.3) is 0 Å². The average molecular weight is 206 g/mol. The molecule has 0 unspecified atom stereocenters. The molecule has 0 bridgehead atoms. The Morgan fingerprint density at radius 3 is 2.57 bits per heavy atom. The van der Waals surface area contributed by atoms with Gasteiger partial charge in [0.25, 0.3) is 0 Å². The number of unbranched alkanes of at least 4 members (excludes halogenated alkanes) is 1. The summed E-state index contributed by atoms with van der Waals surface area (Å²) in [5.74, 6) is 0. The molecule has 0 amide bonds. The van der Waals surface area contributed by atoms with Crippen molar-refractivity contribution in [2.24, 2.45) is 7.05 Å². The molecule has 0 atom stereocenters. The molecule has 0 N–H and O–H groups in total. The first kappa shape index (κ1) is 11.1. The van der Waals surface area contributed by atoms with E-state index in [2.05, 4.69) is 5.10 Å². The van der Waals surface area contributed by atoms with E-state index in [0.717, 1.165) is 17.5 Å². The second-order valence-electron chi connectivity index (χ2n) is 3.24. The van der Waals surface area contributed by atoms with Gasteiger partial charge in [-0.1, -0.05) is 13.3 Å². The number of alkyl halides is 3. The Labute approximate surface area is 80.7 Å². The first-order valence-corrected chi connectivity index (χ1v) is 4.55. The summed E-state index contributed by atoms with van der Waals surface area (Å²) >= 11 is 0. The number of halogens is 3. The molecular weight excluding hydrogens is 193 g/mol. The molecule has 0 radical (unpaired) electrons. The molecule has 0 aliphatic carbocycles. The lowest BCUT2D eigenvalue weighted by Gasteiger charge is -2.09. The Bertz CT molecular complexity index is 301. The van der Waals surface area contributed by atoms with Gasteiger partial charge >= 0.3 is 6.18 Å². The number of aromatic nitrogens is 2. The lowest BCUT2D eigenvalue weighted by atomic mass is 10.1. The van der Waals surface area contributed by atoms with Crippen molar-refractivity contribution >= 4 is 0 Å². The lowest BCUT2D eigenvalue weighted by Crippen LogP contribution is -2.14. The monoisotopic (exact) mass is 206 g/mol. The van der Waals surface area contributed by atoms with Gasteiger partial charge in [0.2, 0.25) is 0 Å². The van der Waals surface area contributed by atoms with Gasteiger partial charge in [0.15, 0.2) is 0 Å². The van der Waals surface area contributed by atoms with E-state index in [1.165, 1.54) is 13.2 Å². The van der Waals surface area contributed by atoms with E-state index < -0.39 is 11.9 Å². The summed E-state index contributed by atoms with van der Waals surface area (Å²) in [4.78, 5) is 0. The summed E-state index contributed by atoms with van der Waals surface area (Å²) in [6, 6.07) is 0. The van der Waals surface area contributed by atoms with E-state index in [0.29, 0.717) is 12.0 Å². The van der Waals surface area contributed by atoms with Gasteiger partial charge in [0, 0.05) is 12.6 Å². The molecule has 14 heavy (non-hydrogen) atoms. The van der Waals surface area contributed by atoms with Crippen LogP contribution in [0.5, 0.6) is 0 Å². The first-order valence-electron chi connectivity index (χ1n) is 4.55. The van der Waals surface area contributed by atoms with Gasteiger partial charge in [-0.15, -0.1) is 0 Å². The lowest BCUT2D eigenvalue weighted by molar-refractivity contribution is -0.144. The second-order valence-corrected chi connectivity index (χ2v) is 3.24. The van der Waals surface area contributed by atoms with Crippen molar-refractivity contribution in [3.8, 4) is 0 Å². The maximum atomic E-state index is 12.5. The fourth-order valence-electron chi connectivity index (χ4n) is 1.40. The van der Waals surface area contributed by atoms with Crippen LogP contribution in [0.4, 0.5) is 13.2 Å². The fraction of sp³-hybridized carbons (Fsp3) is 0.667. The maximum Gasteiger partial charge on any atom is 0.433 e. The van der Waals surface area contributed by atoms with Gasteiger partial charge in [0.05, 0.1) is 6.20 Å². The molecule has 0 aliphatic rings. The highest BCUT2D eigenvalue weighted by atomic mass is 19.4. The smallest absolute Gasteiger partial charge is 0.263 e. The Morgan fingerprint density at radius 1 is 1.43 bits per heavy atom. The minimum absolute atomic E-state index is 0.293. The molecular formula is C9H13F3N2. The second kappa shape index (κ2) is 4.02. The summed E-state index contributed by atoms with van der Waals surface area (Å²) in [6.07, 6.45) is -0.910. The van der Waals surface area contributed by atoms with Crippen LogP contribution in [0.1, 0.15) is 31.0 Å². The van der Waals surface area contributed by atoms with E-state index in [9.17, 15) is 13.2 Å². The number of aryl methyl sites for hydroxylation is 2. The molecule has 0 aromatic carbocycles. The van der Waals surface area contributed by atoms with Gasteiger partial charge in [0.1, 0.15) is 5.69 Å². The van der Waals surface area contributed by atoms with Crippen molar-refractivity contribution < 1.29 is 13.2 Å². The zero-order valence-corrected chi connectivity index (χ0v) is 8.23. The molecule has 1 aromatic heterocycles. The Hall–Kier alpha value is -1.00. The van der Waals surface area contributed by atoms with Crippen LogP contribution in [-0.4, -0.2) is 9.78 Å². The molecule has 0 aliphatic heterocycles. The van der Waals surface area contributed by atoms with Crippen LogP contribution < -0.4 is 0 Å². The minimum atomic E-state index is -4.30. The van der Waals surface area contributed by atoms with Gasteiger partial charge < -0.3 is 0 Å². The van der Waals surface area contributed by atoms with Crippen LogP contribution in [0.3, 0.4) is 0 Å². The first-order chi connectivity index (χ1) is 6.46. The number of hydrogen-bond acceptors (Lipinski definition) is 1. The topological polar surface area (TPSA) is 17.8 Å². The minimum Gasteiger partial charge on any atom is -0.263 e. The molecule has 0 fully saturated rings. The SMILES string of the molecule is CCCCc1cnn(C)c1C(F)(F)F. The van der Waals surface area contributed by atoms with Crippen LogP contribution in [0.2, 0.25) is 0 Å². The van der Waals surface area contributed by atoms with Gasteiger partial charge in [-0.3, -0.25) is 4.68 Å². The highest BCUT2D eigenvalue weighted by molar-refractivity contribution is 5.20. The van der Waals surface area contributed by atoms with E-state index in [1.54, 1.807) is 0 Å². The van der Waals surface area contributed by atoms with Crippen molar-refractivity contribution in [3.63, 3.8) is 0 Å². The van der Waals surface area contributed by atoms with E-state index in [1.807, 2.05) is 6.92 Å². The van der Waals surface area contributed by atoms with Crippen molar-refractivity contribution in [2.75, 3.05) is 0 Å². The maximum absolute atomic E-state index is 12.5. The molecule has 1 rings (SSSR count). The molecule has 1 aromatic rings. The summed E-state index contributed by atoms with van der Waals surface area (Å²) < 4.78 is 38.4. The average Bonchev–Trinajstić information content (AvgIpc) is 2.42. The highest BCUT2D eigenvalue weighted by Gasteiger charge is 2.36. The summed E-state index contributed by atoms with van der Waals surface area (Å²) in [6.45, 7) is 1.95. The zero-order chi connectivity index (χ0) is 10.8. The van der Waals surface area contributed by atoms with Crippen LogP contribution >= 0.6 is 0 Å². The Morgan fingerprint density at radius 2 is 2.07 bits per heavy atom. The molecule has 1 heterocycles. The zero-order valence-electron chi connectivity index (χ0n) is 8.23. The summed E-state index contributed by atoms with van der Waals surface area (Å²) in [5.41, 5.74) is -0.326. The van der Waals surface area contributed by atoms with Crippen LogP contribution in [0.15, 0.2) is 6.20 Å². The van der Waals surface area contributed by atoms with Gasteiger partial charge in [-0.05, 0) is 12.8 Å². The van der Waals surface area contributed by atoms with E-state index in [4.69, 9.17) is 0 Å². The molecule has 80 valence electrons. The fourth-order valence-corrected chi connectivity index (χ4v) is 1.40. The number of hydrogen-bond donors (Lipinski definition) is 0. The van der Waals surface area contributed by atoms with Crippen molar-refractivity contribution in [2.45, 2.75) is 32.4 Å². The van der Waals surface area contributed by atoms with Crippen LogP contribution in [0, 0.1) is 0 Å².